The Bertz CT molecular complexity index is 435. The fourth-order valence-electron chi connectivity index (χ4n) is 1.38. The van der Waals surface area contributed by atoms with Gasteiger partial charge in [0, 0.05) is 6.07 Å². The molecule has 0 aliphatic heterocycles. The number of nitrogens with zero attached hydrogens (tertiary/aromatic N) is 1. The highest BCUT2D eigenvalue weighted by molar-refractivity contribution is 5.31. The third-order valence-corrected chi connectivity index (χ3v) is 2.26. The van der Waals surface area contributed by atoms with Crippen molar-refractivity contribution >= 4 is 0 Å². The Kier molecular flexibility index (Phi) is 3.48. The topological polar surface area (TPSA) is 33.0 Å². The van der Waals surface area contributed by atoms with Crippen molar-refractivity contribution in [2.45, 2.75) is 20.3 Å². The zero-order valence-electron chi connectivity index (χ0n) is 9.47. The molecule has 1 aromatic rings. The summed E-state index contributed by atoms with van der Waals surface area (Å²) < 4.78 is 31.5. The fraction of sp³-hybridized carbons (Fsp3) is 0.417. The van der Waals surface area contributed by atoms with E-state index in [1.54, 1.807) is 13.8 Å². The molecule has 0 atom stereocenters. The Hall–Kier alpha value is -1.63. The second-order valence-corrected chi connectivity index (χ2v) is 4.25. The minimum Gasteiger partial charge on any atom is -0.494 e. The summed E-state index contributed by atoms with van der Waals surface area (Å²) in [5, 5.41) is 8.83. The van der Waals surface area contributed by atoms with Gasteiger partial charge in [0.15, 0.2) is 11.6 Å². The lowest BCUT2D eigenvalue weighted by molar-refractivity contribution is 0.380. The maximum absolute atomic E-state index is 13.5. The van der Waals surface area contributed by atoms with Crippen LogP contribution in [0.1, 0.15) is 19.4 Å². The first-order valence-electron chi connectivity index (χ1n) is 4.83. The van der Waals surface area contributed by atoms with Crippen molar-refractivity contribution in [3.8, 4) is 11.8 Å². The zero-order chi connectivity index (χ0) is 12.3. The van der Waals surface area contributed by atoms with Gasteiger partial charge in [-0.15, -0.1) is 0 Å². The standard InChI is InChI=1S/C12H13F2NO/c1-12(2,7-15)6-8-4-10(14)11(16-3)5-9(8)13/h4-5H,6H2,1-3H3. The first-order valence-corrected chi connectivity index (χ1v) is 4.83. The zero-order valence-corrected chi connectivity index (χ0v) is 9.47. The third kappa shape index (κ3) is 2.69. The Morgan fingerprint density at radius 2 is 1.94 bits per heavy atom. The quantitative estimate of drug-likeness (QED) is 0.792. The van der Waals surface area contributed by atoms with Crippen LogP contribution in [0.3, 0.4) is 0 Å². The molecular formula is C12H13F2NO. The number of nitriles is 1. The molecule has 0 radical (unpaired) electrons. The van der Waals surface area contributed by atoms with E-state index >= 15 is 0 Å². The summed E-state index contributed by atoms with van der Waals surface area (Å²) in [7, 11) is 1.27. The van der Waals surface area contributed by atoms with Gasteiger partial charge >= 0.3 is 0 Å². The summed E-state index contributed by atoms with van der Waals surface area (Å²) >= 11 is 0. The smallest absolute Gasteiger partial charge is 0.165 e. The Labute approximate surface area is 93.5 Å². The van der Waals surface area contributed by atoms with Gasteiger partial charge in [0.2, 0.25) is 0 Å². The number of hydrogen-bond acceptors (Lipinski definition) is 2. The van der Waals surface area contributed by atoms with Gasteiger partial charge in [-0.3, -0.25) is 0 Å². The van der Waals surface area contributed by atoms with Gasteiger partial charge in [-0.1, -0.05) is 0 Å². The van der Waals surface area contributed by atoms with E-state index in [2.05, 4.69) is 4.74 Å². The van der Waals surface area contributed by atoms with E-state index in [1.165, 1.54) is 7.11 Å². The van der Waals surface area contributed by atoms with Gasteiger partial charge < -0.3 is 4.74 Å². The molecular weight excluding hydrogens is 212 g/mol. The predicted octanol–water partition coefficient (Wildman–Crippen LogP) is 3.07. The largest absolute Gasteiger partial charge is 0.494 e. The van der Waals surface area contributed by atoms with E-state index in [1.807, 2.05) is 6.07 Å². The summed E-state index contributed by atoms with van der Waals surface area (Å²) in [6.45, 7) is 3.35. The highest BCUT2D eigenvalue weighted by atomic mass is 19.1. The lowest BCUT2D eigenvalue weighted by Crippen LogP contribution is -2.13. The summed E-state index contributed by atoms with van der Waals surface area (Å²) in [4.78, 5) is 0. The Balaban J connectivity index is 3.08. The van der Waals surface area contributed by atoms with Crippen LogP contribution in [0.25, 0.3) is 0 Å². The molecule has 0 amide bonds. The van der Waals surface area contributed by atoms with Crippen LogP contribution in [0.4, 0.5) is 8.78 Å². The normalized spacial score (nSPS) is 11.0. The van der Waals surface area contributed by atoms with Crippen molar-refractivity contribution in [2.24, 2.45) is 5.41 Å². The molecule has 0 saturated carbocycles. The van der Waals surface area contributed by atoms with Crippen molar-refractivity contribution in [3.05, 3.63) is 29.3 Å². The Morgan fingerprint density at radius 3 is 2.44 bits per heavy atom. The van der Waals surface area contributed by atoms with E-state index < -0.39 is 17.0 Å². The van der Waals surface area contributed by atoms with E-state index in [4.69, 9.17) is 5.26 Å². The van der Waals surface area contributed by atoms with Crippen molar-refractivity contribution in [1.29, 1.82) is 5.26 Å². The molecule has 0 aliphatic carbocycles. The molecule has 0 saturated heterocycles. The molecule has 0 heterocycles. The van der Waals surface area contributed by atoms with Gasteiger partial charge in [-0.05, 0) is 31.9 Å². The lowest BCUT2D eigenvalue weighted by Gasteiger charge is -2.16. The molecule has 1 rings (SSSR count). The van der Waals surface area contributed by atoms with Crippen LogP contribution >= 0.6 is 0 Å². The van der Waals surface area contributed by atoms with Crippen LogP contribution in [0.15, 0.2) is 12.1 Å². The number of halogens is 2. The lowest BCUT2D eigenvalue weighted by atomic mass is 9.87. The minimum atomic E-state index is -0.720. The Morgan fingerprint density at radius 1 is 1.31 bits per heavy atom. The van der Waals surface area contributed by atoms with Gasteiger partial charge in [0.05, 0.1) is 18.6 Å². The van der Waals surface area contributed by atoms with E-state index in [0.717, 1.165) is 12.1 Å². The molecule has 0 aromatic heterocycles. The van der Waals surface area contributed by atoms with Crippen molar-refractivity contribution < 1.29 is 13.5 Å². The molecule has 0 bridgehead atoms. The predicted molar refractivity (Wildman–Crippen MR) is 56.0 cm³/mol. The van der Waals surface area contributed by atoms with Crippen molar-refractivity contribution in [1.82, 2.24) is 0 Å². The highest BCUT2D eigenvalue weighted by Crippen LogP contribution is 2.27. The van der Waals surface area contributed by atoms with Gasteiger partial charge in [-0.25, -0.2) is 8.78 Å². The van der Waals surface area contributed by atoms with Crippen LogP contribution in [-0.4, -0.2) is 7.11 Å². The molecule has 0 aliphatic rings. The van der Waals surface area contributed by atoms with Crippen LogP contribution in [0, 0.1) is 28.4 Å². The average molecular weight is 225 g/mol. The molecule has 16 heavy (non-hydrogen) atoms. The summed E-state index contributed by atoms with van der Waals surface area (Å²) in [5.41, 5.74) is -0.535. The van der Waals surface area contributed by atoms with Crippen LogP contribution < -0.4 is 4.74 Å². The molecule has 4 heteroatoms. The third-order valence-electron chi connectivity index (χ3n) is 2.26. The molecule has 1 aromatic carbocycles. The molecule has 2 nitrogen and oxygen atoms in total. The maximum atomic E-state index is 13.5. The molecule has 0 N–H and O–H groups in total. The van der Waals surface area contributed by atoms with Gasteiger partial charge in [0.1, 0.15) is 5.82 Å². The van der Waals surface area contributed by atoms with Crippen molar-refractivity contribution in [3.63, 3.8) is 0 Å². The van der Waals surface area contributed by atoms with Crippen LogP contribution in [-0.2, 0) is 6.42 Å². The van der Waals surface area contributed by atoms with Crippen LogP contribution in [0.2, 0.25) is 0 Å². The molecule has 0 unspecified atom stereocenters. The van der Waals surface area contributed by atoms with Crippen molar-refractivity contribution in [2.75, 3.05) is 7.11 Å². The number of rotatable bonds is 3. The van der Waals surface area contributed by atoms with E-state index in [-0.39, 0.29) is 17.7 Å². The second-order valence-electron chi connectivity index (χ2n) is 4.25. The first kappa shape index (κ1) is 12.4. The van der Waals surface area contributed by atoms with Gasteiger partial charge in [0.25, 0.3) is 0 Å². The average Bonchev–Trinajstić information content (AvgIpc) is 2.22. The minimum absolute atomic E-state index is 0.129. The summed E-state index contributed by atoms with van der Waals surface area (Å²) in [5.74, 6) is -1.30. The number of methoxy groups -OCH3 is 1. The molecule has 86 valence electrons. The summed E-state index contributed by atoms with van der Waals surface area (Å²) in [6, 6.07) is 4.12. The van der Waals surface area contributed by atoms with E-state index in [9.17, 15) is 8.78 Å². The maximum Gasteiger partial charge on any atom is 0.165 e. The SMILES string of the molecule is COc1cc(F)c(CC(C)(C)C#N)cc1F. The number of hydrogen-bond donors (Lipinski definition) is 0. The van der Waals surface area contributed by atoms with E-state index in [0.29, 0.717) is 0 Å². The summed E-state index contributed by atoms with van der Waals surface area (Å²) in [6.07, 6.45) is 0.163. The molecule has 0 fully saturated rings. The first-order chi connectivity index (χ1) is 7.39. The number of benzene rings is 1. The fourth-order valence-corrected chi connectivity index (χ4v) is 1.38. The highest BCUT2D eigenvalue weighted by Gasteiger charge is 2.21. The molecule has 0 spiro atoms. The number of ether oxygens (including phenoxy) is 1. The van der Waals surface area contributed by atoms with Crippen LogP contribution in [0.5, 0.6) is 5.75 Å². The van der Waals surface area contributed by atoms with Gasteiger partial charge in [-0.2, -0.15) is 5.26 Å². The second kappa shape index (κ2) is 4.48. The monoisotopic (exact) mass is 225 g/mol.